The van der Waals surface area contributed by atoms with Crippen LogP contribution in [0.2, 0.25) is 0 Å². The van der Waals surface area contributed by atoms with Crippen molar-refractivity contribution in [2.45, 2.75) is 19.4 Å². The van der Waals surface area contributed by atoms with Gasteiger partial charge >= 0.3 is 0 Å². The Bertz CT molecular complexity index is 294. The van der Waals surface area contributed by atoms with E-state index in [1.807, 2.05) is 25.1 Å². The SMILES string of the molecule is Cc1cccc2c1OC[C@@H](O)C2. The van der Waals surface area contributed by atoms with Crippen molar-refractivity contribution >= 4 is 0 Å². The molecule has 1 aromatic rings. The van der Waals surface area contributed by atoms with Gasteiger partial charge in [0.15, 0.2) is 0 Å². The van der Waals surface area contributed by atoms with Gasteiger partial charge in [0.25, 0.3) is 0 Å². The molecule has 1 aliphatic heterocycles. The van der Waals surface area contributed by atoms with Crippen molar-refractivity contribution in [3.05, 3.63) is 29.3 Å². The first-order valence-electron chi connectivity index (χ1n) is 4.17. The molecule has 12 heavy (non-hydrogen) atoms. The molecule has 0 amide bonds. The molecule has 0 aromatic heterocycles. The van der Waals surface area contributed by atoms with Gasteiger partial charge in [0.1, 0.15) is 12.4 Å². The van der Waals surface area contributed by atoms with E-state index in [0.717, 1.165) is 23.3 Å². The number of aryl methyl sites for hydroxylation is 1. The molecule has 1 aliphatic rings. The van der Waals surface area contributed by atoms with Crippen LogP contribution in [0.4, 0.5) is 0 Å². The molecule has 64 valence electrons. The summed E-state index contributed by atoms with van der Waals surface area (Å²) in [4.78, 5) is 0. The summed E-state index contributed by atoms with van der Waals surface area (Å²) in [5, 5.41) is 9.32. The van der Waals surface area contributed by atoms with E-state index in [1.54, 1.807) is 0 Å². The van der Waals surface area contributed by atoms with Gasteiger partial charge in [-0.05, 0) is 18.1 Å². The van der Waals surface area contributed by atoms with Crippen LogP contribution in [0.3, 0.4) is 0 Å². The van der Waals surface area contributed by atoms with Crippen LogP contribution in [0, 0.1) is 6.92 Å². The van der Waals surface area contributed by atoms with Crippen LogP contribution in [0.15, 0.2) is 18.2 Å². The highest BCUT2D eigenvalue weighted by Crippen LogP contribution is 2.27. The van der Waals surface area contributed by atoms with Crippen molar-refractivity contribution in [2.75, 3.05) is 6.61 Å². The van der Waals surface area contributed by atoms with Crippen molar-refractivity contribution in [3.63, 3.8) is 0 Å². The molecule has 1 aromatic carbocycles. The maximum absolute atomic E-state index is 9.32. The number of aliphatic hydroxyl groups is 1. The fourth-order valence-electron chi connectivity index (χ4n) is 1.57. The van der Waals surface area contributed by atoms with E-state index >= 15 is 0 Å². The van der Waals surface area contributed by atoms with E-state index in [4.69, 9.17) is 4.74 Å². The Balaban J connectivity index is 2.42. The van der Waals surface area contributed by atoms with Gasteiger partial charge in [-0.15, -0.1) is 0 Å². The van der Waals surface area contributed by atoms with Gasteiger partial charge in [-0.2, -0.15) is 0 Å². The summed E-state index contributed by atoms with van der Waals surface area (Å²) in [6.07, 6.45) is 0.385. The van der Waals surface area contributed by atoms with E-state index in [-0.39, 0.29) is 6.10 Å². The zero-order valence-electron chi connectivity index (χ0n) is 7.08. The predicted octanol–water partition coefficient (Wildman–Crippen LogP) is 1.29. The lowest BCUT2D eigenvalue weighted by Gasteiger charge is -2.22. The first-order valence-corrected chi connectivity index (χ1v) is 4.17. The highest BCUT2D eigenvalue weighted by molar-refractivity contribution is 5.42. The summed E-state index contributed by atoms with van der Waals surface area (Å²) in [6.45, 7) is 2.45. The van der Waals surface area contributed by atoms with E-state index < -0.39 is 0 Å². The average Bonchev–Trinajstić information content (AvgIpc) is 2.04. The molecule has 0 spiro atoms. The Morgan fingerprint density at radius 2 is 2.33 bits per heavy atom. The van der Waals surface area contributed by atoms with Gasteiger partial charge in [-0.3, -0.25) is 0 Å². The normalized spacial score (nSPS) is 21.3. The topological polar surface area (TPSA) is 29.5 Å². The summed E-state index contributed by atoms with van der Waals surface area (Å²) < 4.78 is 5.42. The molecule has 0 saturated heterocycles. The molecule has 1 N–H and O–H groups in total. The van der Waals surface area contributed by atoms with Crippen LogP contribution >= 0.6 is 0 Å². The average molecular weight is 164 g/mol. The van der Waals surface area contributed by atoms with E-state index in [1.165, 1.54) is 0 Å². The molecule has 0 saturated carbocycles. The Morgan fingerprint density at radius 1 is 1.50 bits per heavy atom. The van der Waals surface area contributed by atoms with Crippen molar-refractivity contribution < 1.29 is 9.84 Å². The number of hydrogen-bond acceptors (Lipinski definition) is 2. The number of rotatable bonds is 0. The first-order chi connectivity index (χ1) is 5.77. The highest BCUT2D eigenvalue weighted by atomic mass is 16.5. The number of hydrogen-bond donors (Lipinski definition) is 1. The van der Waals surface area contributed by atoms with Crippen molar-refractivity contribution in [2.24, 2.45) is 0 Å². The van der Waals surface area contributed by atoms with Gasteiger partial charge in [-0.1, -0.05) is 18.2 Å². The van der Waals surface area contributed by atoms with Gasteiger partial charge < -0.3 is 9.84 Å². The smallest absolute Gasteiger partial charge is 0.125 e. The summed E-state index contributed by atoms with van der Waals surface area (Å²) in [5.41, 5.74) is 2.27. The Labute approximate surface area is 71.8 Å². The summed E-state index contributed by atoms with van der Waals surface area (Å²) in [5.74, 6) is 0.961. The van der Waals surface area contributed by atoms with Crippen LogP contribution in [-0.2, 0) is 6.42 Å². The number of aliphatic hydroxyl groups excluding tert-OH is 1. The molecule has 0 unspecified atom stereocenters. The molecular weight excluding hydrogens is 152 g/mol. The van der Waals surface area contributed by atoms with Crippen molar-refractivity contribution in [3.8, 4) is 5.75 Å². The number of benzene rings is 1. The number of ether oxygens (including phenoxy) is 1. The third kappa shape index (κ3) is 1.18. The van der Waals surface area contributed by atoms with Crippen LogP contribution < -0.4 is 4.74 Å². The summed E-state index contributed by atoms with van der Waals surface area (Å²) in [6, 6.07) is 6.02. The van der Waals surface area contributed by atoms with Gasteiger partial charge in [0.05, 0.1) is 6.10 Å². The van der Waals surface area contributed by atoms with Gasteiger partial charge in [-0.25, -0.2) is 0 Å². The molecule has 1 heterocycles. The third-order valence-electron chi connectivity index (χ3n) is 2.17. The standard InChI is InChI=1S/C10H12O2/c1-7-3-2-4-8-5-9(11)6-12-10(7)8/h2-4,9,11H,5-6H2,1H3/t9-/m0/s1. The highest BCUT2D eigenvalue weighted by Gasteiger charge is 2.18. The number of fused-ring (bicyclic) bond motifs is 1. The van der Waals surface area contributed by atoms with Gasteiger partial charge in [0.2, 0.25) is 0 Å². The molecule has 2 rings (SSSR count). The molecular formula is C10H12O2. The quantitative estimate of drug-likeness (QED) is 0.626. The minimum atomic E-state index is -0.334. The lowest BCUT2D eigenvalue weighted by molar-refractivity contribution is 0.0916. The number of para-hydroxylation sites is 1. The van der Waals surface area contributed by atoms with Gasteiger partial charge in [0, 0.05) is 6.42 Å². The minimum Gasteiger partial charge on any atom is -0.490 e. The first kappa shape index (κ1) is 7.62. The second-order valence-corrected chi connectivity index (χ2v) is 3.23. The zero-order valence-corrected chi connectivity index (χ0v) is 7.08. The molecule has 2 heteroatoms. The van der Waals surface area contributed by atoms with E-state index in [2.05, 4.69) is 0 Å². The van der Waals surface area contributed by atoms with Crippen LogP contribution in [0.25, 0.3) is 0 Å². The Morgan fingerprint density at radius 3 is 3.17 bits per heavy atom. The molecule has 1 atom stereocenters. The zero-order chi connectivity index (χ0) is 8.55. The summed E-state index contributed by atoms with van der Waals surface area (Å²) >= 11 is 0. The maximum Gasteiger partial charge on any atom is 0.125 e. The van der Waals surface area contributed by atoms with E-state index in [0.29, 0.717) is 6.61 Å². The van der Waals surface area contributed by atoms with Crippen LogP contribution in [-0.4, -0.2) is 17.8 Å². The summed E-state index contributed by atoms with van der Waals surface area (Å²) in [7, 11) is 0. The molecule has 2 nitrogen and oxygen atoms in total. The largest absolute Gasteiger partial charge is 0.490 e. The monoisotopic (exact) mass is 164 g/mol. The van der Waals surface area contributed by atoms with E-state index in [9.17, 15) is 5.11 Å². The third-order valence-corrected chi connectivity index (χ3v) is 2.17. The lowest BCUT2D eigenvalue weighted by atomic mass is 10.0. The molecule has 0 radical (unpaired) electrons. The van der Waals surface area contributed by atoms with Crippen molar-refractivity contribution in [1.82, 2.24) is 0 Å². The van der Waals surface area contributed by atoms with Crippen molar-refractivity contribution in [1.29, 1.82) is 0 Å². The second-order valence-electron chi connectivity index (χ2n) is 3.23. The Hall–Kier alpha value is -1.02. The molecule has 0 bridgehead atoms. The second kappa shape index (κ2) is 2.79. The van der Waals surface area contributed by atoms with Crippen LogP contribution in [0.5, 0.6) is 5.75 Å². The maximum atomic E-state index is 9.32. The fraction of sp³-hybridized carbons (Fsp3) is 0.400. The Kier molecular flexibility index (Phi) is 1.77. The minimum absolute atomic E-state index is 0.334. The molecule has 0 fully saturated rings. The lowest BCUT2D eigenvalue weighted by Crippen LogP contribution is -2.25. The molecule has 0 aliphatic carbocycles. The van der Waals surface area contributed by atoms with Crippen LogP contribution in [0.1, 0.15) is 11.1 Å². The fourth-order valence-corrected chi connectivity index (χ4v) is 1.57. The predicted molar refractivity (Wildman–Crippen MR) is 46.4 cm³/mol.